The van der Waals surface area contributed by atoms with Crippen LogP contribution < -0.4 is 0 Å². The van der Waals surface area contributed by atoms with Crippen LogP contribution in [0.25, 0.3) is 0 Å². The molecule has 0 fully saturated rings. The summed E-state index contributed by atoms with van der Waals surface area (Å²) in [7, 11) is 3.62. The Kier molecular flexibility index (Phi) is 4.78. The van der Waals surface area contributed by atoms with Crippen LogP contribution >= 0.6 is 0 Å². The van der Waals surface area contributed by atoms with Crippen molar-refractivity contribution in [3.8, 4) is 12.0 Å². The van der Waals surface area contributed by atoms with Crippen molar-refractivity contribution in [3.05, 3.63) is 35.4 Å². The fourth-order valence-corrected chi connectivity index (χ4v) is 1.43. The van der Waals surface area contributed by atoms with E-state index in [2.05, 4.69) is 25.8 Å². The van der Waals surface area contributed by atoms with Gasteiger partial charge in [-0.25, -0.2) is 0 Å². The summed E-state index contributed by atoms with van der Waals surface area (Å²) in [5.74, 6) is 3.00. The van der Waals surface area contributed by atoms with Crippen LogP contribution in [0.5, 0.6) is 0 Å². The highest BCUT2D eigenvalue weighted by Crippen LogP contribution is 2.18. The van der Waals surface area contributed by atoms with Gasteiger partial charge < -0.3 is 4.90 Å². The molecule has 1 unspecified atom stereocenters. The molecule has 0 spiro atoms. The van der Waals surface area contributed by atoms with Gasteiger partial charge in [0, 0.05) is 25.7 Å². The molecule has 1 rings (SSSR count). The lowest BCUT2D eigenvalue weighted by molar-refractivity contribution is 0.105. The van der Waals surface area contributed by atoms with Gasteiger partial charge >= 0.3 is 0 Å². The molecule has 0 N–H and O–H groups in total. The van der Waals surface area contributed by atoms with Crippen LogP contribution in [0.2, 0.25) is 0 Å². The van der Waals surface area contributed by atoms with Gasteiger partial charge in [-0.15, -0.1) is 0 Å². The van der Waals surface area contributed by atoms with Gasteiger partial charge in [-0.2, -0.15) is 0 Å². The van der Waals surface area contributed by atoms with Gasteiger partial charge in [-0.3, -0.25) is 4.79 Å². The normalized spacial score (nSPS) is 11.3. The summed E-state index contributed by atoms with van der Waals surface area (Å²) in [5.41, 5.74) is 1.93. The van der Waals surface area contributed by atoms with Crippen molar-refractivity contribution in [2.45, 2.75) is 26.2 Å². The van der Waals surface area contributed by atoms with Gasteiger partial charge in [0.25, 0.3) is 0 Å². The summed E-state index contributed by atoms with van der Waals surface area (Å²) in [4.78, 5) is 13.4. The predicted octanol–water partition coefficient (Wildman–Crippen LogP) is 2.91. The van der Waals surface area contributed by atoms with Crippen molar-refractivity contribution < 1.29 is 4.79 Å². The van der Waals surface area contributed by atoms with E-state index in [4.69, 9.17) is 0 Å². The zero-order valence-corrected chi connectivity index (χ0v) is 10.9. The third-order valence-electron chi connectivity index (χ3n) is 2.75. The van der Waals surface area contributed by atoms with E-state index in [1.54, 1.807) is 4.90 Å². The predicted molar refractivity (Wildman–Crippen MR) is 70.9 cm³/mol. The van der Waals surface area contributed by atoms with E-state index in [9.17, 15) is 4.79 Å². The molecule has 0 amide bonds. The minimum atomic E-state index is -0.130. The number of nitrogens with zero attached hydrogens (tertiary/aromatic N) is 1. The zero-order chi connectivity index (χ0) is 12.8. The maximum atomic E-state index is 11.7. The van der Waals surface area contributed by atoms with Crippen molar-refractivity contribution in [2.24, 2.45) is 0 Å². The summed E-state index contributed by atoms with van der Waals surface area (Å²) in [5, 5.41) is 0. The molecule has 2 heteroatoms. The van der Waals surface area contributed by atoms with E-state index >= 15 is 0 Å². The second kappa shape index (κ2) is 6.10. The SMILES string of the molecule is CCC(C)c1ccc(C(=O)C#CN(C)C)cc1. The molecular formula is C15H19NO. The minimum absolute atomic E-state index is 0.130. The molecule has 0 heterocycles. The van der Waals surface area contributed by atoms with Gasteiger partial charge in [0.1, 0.15) is 0 Å². The van der Waals surface area contributed by atoms with Crippen LogP contribution in [0.4, 0.5) is 0 Å². The lowest BCUT2D eigenvalue weighted by Crippen LogP contribution is -2.03. The minimum Gasteiger partial charge on any atom is -0.338 e. The van der Waals surface area contributed by atoms with Crippen LogP contribution in [-0.2, 0) is 0 Å². The molecule has 0 saturated heterocycles. The summed E-state index contributed by atoms with van der Waals surface area (Å²) < 4.78 is 0. The first kappa shape index (κ1) is 13.3. The van der Waals surface area contributed by atoms with Crippen molar-refractivity contribution in [1.29, 1.82) is 0 Å². The quantitative estimate of drug-likeness (QED) is 0.451. The summed E-state index contributed by atoms with van der Waals surface area (Å²) in [6, 6.07) is 10.5. The number of hydrogen-bond acceptors (Lipinski definition) is 2. The van der Waals surface area contributed by atoms with Gasteiger partial charge in [-0.1, -0.05) is 38.1 Å². The first-order valence-corrected chi connectivity index (χ1v) is 5.87. The number of ketones is 1. The maximum Gasteiger partial charge on any atom is 0.237 e. The molecule has 0 aliphatic rings. The van der Waals surface area contributed by atoms with Crippen LogP contribution in [0.3, 0.4) is 0 Å². The molecule has 1 aromatic rings. The van der Waals surface area contributed by atoms with Gasteiger partial charge in [0.05, 0.1) is 0 Å². The summed E-state index contributed by atoms with van der Waals surface area (Å²) in [6.45, 7) is 4.34. The maximum absolute atomic E-state index is 11.7. The first-order chi connectivity index (χ1) is 8.04. The topological polar surface area (TPSA) is 20.3 Å². The van der Waals surface area contributed by atoms with E-state index in [0.29, 0.717) is 11.5 Å². The number of carbonyl (C=O) groups is 1. The Balaban J connectivity index is 2.82. The second-order valence-corrected chi connectivity index (χ2v) is 4.39. The van der Waals surface area contributed by atoms with E-state index in [0.717, 1.165) is 6.42 Å². The molecule has 90 valence electrons. The molecular weight excluding hydrogens is 210 g/mol. The molecule has 1 atom stereocenters. The van der Waals surface area contributed by atoms with Crippen LogP contribution in [-0.4, -0.2) is 24.8 Å². The summed E-state index contributed by atoms with van der Waals surface area (Å²) in [6.07, 6.45) is 1.10. The highest BCUT2D eigenvalue weighted by Gasteiger charge is 2.05. The second-order valence-electron chi connectivity index (χ2n) is 4.39. The number of rotatable bonds is 3. The van der Waals surface area contributed by atoms with Gasteiger partial charge in [0.2, 0.25) is 5.78 Å². The van der Waals surface area contributed by atoms with Crippen molar-refractivity contribution in [3.63, 3.8) is 0 Å². The molecule has 0 bridgehead atoms. The van der Waals surface area contributed by atoms with Crippen LogP contribution in [0.1, 0.15) is 42.1 Å². The average molecular weight is 229 g/mol. The lowest BCUT2D eigenvalue weighted by Gasteiger charge is -2.08. The van der Waals surface area contributed by atoms with Crippen molar-refractivity contribution in [1.82, 2.24) is 4.90 Å². The summed E-state index contributed by atoms with van der Waals surface area (Å²) >= 11 is 0. The third kappa shape index (κ3) is 3.96. The fraction of sp³-hybridized carbons (Fsp3) is 0.400. The number of benzene rings is 1. The molecule has 0 radical (unpaired) electrons. The first-order valence-electron chi connectivity index (χ1n) is 5.87. The standard InChI is InChI=1S/C15H19NO/c1-5-12(2)13-6-8-14(9-7-13)15(17)10-11-16(3)4/h6-9,12H,5H2,1-4H3. The fourth-order valence-electron chi connectivity index (χ4n) is 1.43. The van der Waals surface area contributed by atoms with Crippen molar-refractivity contribution in [2.75, 3.05) is 14.1 Å². The number of hydrogen-bond donors (Lipinski definition) is 0. The molecule has 0 aromatic heterocycles. The van der Waals surface area contributed by atoms with E-state index < -0.39 is 0 Å². The molecule has 1 aromatic carbocycles. The van der Waals surface area contributed by atoms with E-state index in [1.807, 2.05) is 38.4 Å². The largest absolute Gasteiger partial charge is 0.338 e. The molecule has 17 heavy (non-hydrogen) atoms. The van der Waals surface area contributed by atoms with Gasteiger partial charge in [0.15, 0.2) is 0 Å². The Morgan fingerprint density at radius 1 is 1.29 bits per heavy atom. The van der Waals surface area contributed by atoms with E-state index in [-0.39, 0.29) is 5.78 Å². The van der Waals surface area contributed by atoms with E-state index in [1.165, 1.54) is 5.56 Å². The van der Waals surface area contributed by atoms with Crippen LogP contribution in [0.15, 0.2) is 24.3 Å². The third-order valence-corrected chi connectivity index (χ3v) is 2.75. The Morgan fingerprint density at radius 2 is 1.88 bits per heavy atom. The number of carbonyl (C=O) groups excluding carboxylic acids is 1. The molecule has 0 saturated carbocycles. The lowest BCUT2D eigenvalue weighted by atomic mass is 9.97. The molecule has 2 nitrogen and oxygen atoms in total. The molecule has 0 aliphatic carbocycles. The molecule has 0 aliphatic heterocycles. The smallest absolute Gasteiger partial charge is 0.237 e. The Hall–Kier alpha value is -1.75. The van der Waals surface area contributed by atoms with Crippen LogP contribution in [0, 0.1) is 12.0 Å². The van der Waals surface area contributed by atoms with Crippen molar-refractivity contribution >= 4 is 5.78 Å². The monoisotopic (exact) mass is 229 g/mol. The average Bonchev–Trinajstić information content (AvgIpc) is 2.35. The van der Waals surface area contributed by atoms with Gasteiger partial charge in [-0.05, 0) is 23.8 Å². The Morgan fingerprint density at radius 3 is 2.35 bits per heavy atom. The number of Topliss-reactive ketones (excluding diaryl/α,β-unsaturated/α-hetero) is 1. The highest BCUT2D eigenvalue weighted by atomic mass is 16.1. The highest BCUT2D eigenvalue weighted by molar-refractivity contribution is 6.08. The Labute approximate surface area is 104 Å². The Bertz CT molecular complexity index is 434. The zero-order valence-electron chi connectivity index (χ0n) is 10.9.